The lowest BCUT2D eigenvalue weighted by Gasteiger charge is -2.29. The van der Waals surface area contributed by atoms with Gasteiger partial charge in [0.2, 0.25) is 0 Å². The summed E-state index contributed by atoms with van der Waals surface area (Å²) in [6, 6.07) is 11.7. The molecule has 2 aliphatic rings. The maximum absolute atomic E-state index is 12.9. The molecule has 0 atom stereocenters. The van der Waals surface area contributed by atoms with Gasteiger partial charge in [-0.25, -0.2) is 4.98 Å². The van der Waals surface area contributed by atoms with Crippen LogP contribution in [0.4, 0.5) is 5.82 Å². The van der Waals surface area contributed by atoms with Gasteiger partial charge in [-0.15, -0.1) is 0 Å². The Kier molecular flexibility index (Phi) is 4.86. The zero-order chi connectivity index (χ0) is 18.0. The van der Waals surface area contributed by atoms with Crippen LogP contribution in [0.5, 0.6) is 0 Å². The molecule has 1 amide bonds. The molecule has 1 aliphatic carbocycles. The monoisotopic (exact) mass is 369 g/mol. The van der Waals surface area contributed by atoms with Crippen LogP contribution in [0.2, 0.25) is 5.02 Å². The summed E-state index contributed by atoms with van der Waals surface area (Å²) >= 11 is 6.00. The molecule has 1 N–H and O–H groups in total. The van der Waals surface area contributed by atoms with E-state index in [9.17, 15) is 4.79 Å². The summed E-state index contributed by atoms with van der Waals surface area (Å²) in [4.78, 5) is 19.6. The van der Waals surface area contributed by atoms with Gasteiger partial charge in [0.15, 0.2) is 0 Å². The Hall–Kier alpha value is -2.07. The van der Waals surface area contributed by atoms with E-state index in [0.717, 1.165) is 49.6 Å². The molecular formula is C21H24ClN3O. The van der Waals surface area contributed by atoms with Gasteiger partial charge in [-0.05, 0) is 61.9 Å². The summed E-state index contributed by atoms with van der Waals surface area (Å²) < 4.78 is 0. The zero-order valence-corrected chi connectivity index (χ0v) is 15.6. The van der Waals surface area contributed by atoms with E-state index in [-0.39, 0.29) is 11.3 Å². The third-order valence-corrected chi connectivity index (χ3v) is 5.84. The Morgan fingerprint density at radius 1 is 1.12 bits per heavy atom. The second-order valence-corrected chi connectivity index (χ2v) is 7.83. The highest BCUT2D eigenvalue weighted by Crippen LogP contribution is 2.47. The third kappa shape index (κ3) is 3.56. The molecule has 4 rings (SSSR count). The molecule has 1 aromatic carbocycles. The van der Waals surface area contributed by atoms with Gasteiger partial charge >= 0.3 is 0 Å². The molecule has 1 aromatic heterocycles. The summed E-state index contributed by atoms with van der Waals surface area (Å²) in [6.45, 7) is 2.61. The van der Waals surface area contributed by atoms with Gasteiger partial charge in [0.1, 0.15) is 5.82 Å². The van der Waals surface area contributed by atoms with Crippen molar-refractivity contribution in [3.63, 3.8) is 0 Å². The number of piperidine rings is 1. The minimum absolute atomic E-state index is 0.0288. The van der Waals surface area contributed by atoms with Gasteiger partial charge in [-0.2, -0.15) is 0 Å². The van der Waals surface area contributed by atoms with Crippen LogP contribution in [0.25, 0.3) is 0 Å². The first-order chi connectivity index (χ1) is 12.7. The number of carbonyl (C=O) groups is 1. The summed E-state index contributed by atoms with van der Waals surface area (Å²) in [7, 11) is 0. The van der Waals surface area contributed by atoms with Crippen LogP contribution in [-0.2, 0) is 5.41 Å². The van der Waals surface area contributed by atoms with E-state index >= 15 is 0 Å². The molecule has 4 nitrogen and oxygen atoms in total. The van der Waals surface area contributed by atoms with Crippen molar-refractivity contribution in [2.24, 2.45) is 0 Å². The number of aromatic nitrogens is 1. The van der Waals surface area contributed by atoms with Gasteiger partial charge in [0.05, 0.1) is 5.56 Å². The van der Waals surface area contributed by atoms with Crippen LogP contribution >= 0.6 is 11.6 Å². The second-order valence-electron chi connectivity index (χ2n) is 7.39. The highest BCUT2D eigenvalue weighted by atomic mass is 35.5. The number of amides is 1. The van der Waals surface area contributed by atoms with Crippen LogP contribution in [0.1, 0.15) is 48.0 Å². The maximum atomic E-state index is 12.9. The number of hydrogen-bond acceptors (Lipinski definition) is 3. The fourth-order valence-electron chi connectivity index (χ4n) is 3.80. The average Bonchev–Trinajstić information content (AvgIpc) is 3.48. The van der Waals surface area contributed by atoms with Crippen molar-refractivity contribution in [1.82, 2.24) is 10.3 Å². The van der Waals surface area contributed by atoms with E-state index in [1.54, 1.807) is 6.20 Å². The molecule has 5 heteroatoms. The van der Waals surface area contributed by atoms with E-state index in [1.165, 1.54) is 12.0 Å². The largest absolute Gasteiger partial charge is 0.356 e. The number of anilines is 1. The Balaban J connectivity index is 1.46. The van der Waals surface area contributed by atoms with Crippen molar-refractivity contribution >= 4 is 23.3 Å². The van der Waals surface area contributed by atoms with E-state index in [0.29, 0.717) is 12.1 Å². The van der Waals surface area contributed by atoms with E-state index < -0.39 is 0 Å². The van der Waals surface area contributed by atoms with Crippen molar-refractivity contribution < 1.29 is 4.79 Å². The van der Waals surface area contributed by atoms with Crippen LogP contribution in [0, 0.1) is 0 Å². The molecule has 0 spiro atoms. The molecule has 0 bridgehead atoms. The van der Waals surface area contributed by atoms with E-state index in [1.807, 2.05) is 24.3 Å². The van der Waals surface area contributed by atoms with Crippen LogP contribution in [0.3, 0.4) is 0 Å². The van der Waals surface area contributed by atoms with Crippen molar-refractivity contribution in [1.29, 1.82) is 0 Å². The average molecular weight is 370 g/mol. The molecule has 2 aromatic rings. The molecular weight excluding hydrogens is 346 g/mol. The highest BCUT2D eigenvalue weighted by Gasteiger charge is 2.44. The lowest BCUT2D eigenvalue weighted by molar-refractivity contribution is 0.0950. The first-order valence-corrected chi connectivity index (χ1v) is 9.80. The predicted octanol–water partition coefficient (Wildman–Crippen LogP) is 4.19. The number of benzene rings is 1. The SMILES string of the molecule is O=C(NCC1(c2ccc(Cl)cc2)CC1)c1cccnc1N1CCCCC1. The molecule has 0 unspecified atom stereocenters. The van der Waals surface area contributed by atoms with Gasteiger partial charge in [0.25, 0.3) is 5.91 Å². The number of pyridine rings is 1. The Morgan fingerprint density at radius 3 is 2.54 bits per heavy atom. The lowest BCUT2D eigenvalue weighted by Crippen LogP contribution is -2.36. The van der Waals surface area contributed by atoms with Crippen molar-refractivity contribution in [3.8, 4) is 0 Å². The first kappa shape index (κ1) is 17.3. The Morgan fingerprint density at radius 2 is 1.85 bits per heavy atom. The number of halogens is 1. The predicted molar refractivity (Wildman–Crippen MR) is 105 cm³/mol. The first-order valence-electron chi connectivity index (χ1n) is 9.42. The summed E-state index contributed by atoms with van der Waals surface area (Å²) in [6.07, 6.45) is 7.56. The fraction of sp³-hybridized carbons (Fsp3) is 0.429. The topological polar surface area (TPSA) is 45.2 Å². The molecule has 0 radical (unpaired) electrons. The number of hydrogen-bond donors (Lipinski definition) is 1. The highest BCUT2D eigenvalue weighted by molar-refractivity contribution is 6.30. The Labute approximate surface area is 159 Å². The molecule has 1 aliphatic heterocycles. The smallest absolute Gasteiger partial charge is 0.255 e. The van der Waals surface area contributed by atoms with E-state index in [2.05, 4.69) is 27.3 Å². The summed E-state index contributed by atoms with van der Waals surface area (Å²) in [5, 5.41) is 3.90. The number of nitrogens with zero attached hydrogens (tertiary/aromatic N) is 2. The molecule has 2 heterocycles. The van der Waals surface area contributed by atoms with Gasteiger partial charge < -0.3 is 10.2 Å². The maximum Gasteiger partial charge on any atom is 0.255 e. The minimum Gasteiger partial charge on any atom is -0.356 e. The second kappa shape index (κ2) is 7.28. The lowest BCUT2D eigenvalue weighted by atomic mass is 9.96. The van der Waals surface area contributed by atoms with Gasteiger partial charge in [0, 0.05) is 36.3 Å². The van der Waals surface area contributed by atoms with Crippen LogP contribution in [0.15, 0.2) is 42.6 Å². The van der Waals surface area contributed by atoms with Gasteiger partial charge in [-0.1, -0.05) is 23.7 Å². The molecule has 26 heavy (non-hydrogen) atoms. The Bertz CT molecular complexity index is 780. The molecule has 1 saturated carbocycles. The summed E-state index contributed by atoms with van der Waals surface area (Å²) in [5.41, 5.74) is 2.00. The molecule has 136 valence electrons. The zero-order valence-electron chi connectivity index (χ0n) is 14.9. The number of rotatable bonds is 5. The standard InChI is InChI=1S/C21H24ClN3O/c22-17-8-6-16(7-9-17)21(10-11-21)15-24-20(26)18-5-4-12-23-19(18)25-13-2-1-3-14-25/h4-9,12H,1-3,10-11,13-15H2,(H,24,26). The quantitative estimate of drug-likeness (QED) is 0.859. The minimum atomic E-state index is -0.0288. The van der Waals surface area contributed by atoms with Gasteiger partial charge in [-0.3, -0.25) is 4.79 Å². The normalized spacial score (nSPS) is 18.4. The number of carbonyl (C=O) groups excluding carboxylic acids is 1. The van der Waals surface area contributed by atoms with E-state index in [4.69, 9.17) is 11.6 Å². The third-order valence-electron chi connectivity index (χ3n) is 5.58. The van der Waals surface area contributed by atoms with Crippen LogP contribution in [-0.4, -0.2) is 30.5 Å². The molecule has 2 fully saturated rings. The number of nitrogens with one attached hydrogen (secondary N) is 1. The summed E-state index contributed by atoms with van der Waals surface area (Å²) in [5.74, 6) is 0.792. The van der Waals surface area contributed by atoms with Crippen LogP contribution < -0.4 is 10.2 Å². The molecule has 1 saturated heterocycles. The van der Waals surface area contributed by atoms with Crippen molar-refractivity contribution in [2.45, 2.75) is 37.5 Å². The van der Waals surface area contributed by atoms with Crippen molar-refractivity contribution in [3.05, 3.63) is 58.7 Å². The fourth-order valence-corrected chi connectivity index (χ4v) is 3.92. The van der Waals surface area contributed by atoms with Crippen molar-refractivity contribution in [2.75, 3.05) is 24.5 Å².